The molecule has 0 aliphatic heterocycles. The normalized spacial score (nSPS) is 11.1. The van der Waals surface area contributed by atoms with E-state index in [1.54, 1.807) is 12.1 Å². The van der Waals surface area contributed by atoms with Gasteiger partial charge in [-0.25, -0.2) is 13.4 Å². The number of sulfone groups is 1. The van der Waals surface area contributed by atoms with Crippen molar-refractivity contribution in [3.8, 4) is 17.3 Å². The molecule has 4 rings (SSSR count). The van der Waals surface area contributed by atoms with Crippen molar-refractivity contribution in [2.45, 2.75) is 24.5 Å². The van der Waals surface area contributed by atoms with Crippen LogP contribution in [0, 0.1) is 11.3 Å². The van der Waals surface area contributed by atoms with Crippen LogP contribution in [0.2, 0.25) is 0 Å². The fourth-order valence-corrected chi connectivity index (χ4v) is 5.20. The molecule has 4 aromatic rings. The van der Waals surface area contributed by atoms with Gasteiger partial charge in [0.15, 0.2) is 9.84 Å². The molecule has 2 aromatic heterocycles. The van der Waals surface area contributed by atoms with Gasteiger partial charge < -0.3 is 16.4 Å². The van der Waals surface area contributed by atoms with E-state index in [0.29, 0.717) is 18.8 Å². The van der Waals surface area contributed by atoms with Crippen molar-refractivity contribution in [2.75, 3.05) is 12.0 Å². The number of carbonyl (C=O) groups is 1. The van der Waals surface area contributed by atoms with E-state index in [4.69, 9.17) is 5.73 Å². The molecule has 188 valence electrons. The van der Waals surface area contributed by atoms with Gasteiger partial charge in [0.05, 0.1) is 16.3 Å². The van der Waals surface area contributed by atoms with Crippen LogP contribution in [0.5, 0.6) is 0 Å². The molecule has 0 aliphatic rings. The van der Waals surface area contributed by atoms with Crippen molar-refractivity contribution in [1.82, 2.24) is 15.6 Å². The fraction of sp³-hybridized carbons (Fsp3) is 0.148. The summed E-state index contributed by atoms with van der Waals surface area (Å²) in [5.41, 5.74) is 9.64. The minimum absolute atomic E-state index is 0.0913. The summed E-state index contributed by atoms with van der Waals surface area (Å²) in [6.45, 7) is 1.42. The first-order valence-corrected chi connectivity index (χ1v) is 14.1. The van der Waals surface area contributed by atoms with E-state index in [-0.39, 0.29) is 28.4 Å². The number of nitrogen functional groups attached to an aromatic ring is 1. The third kappa shape index (κ3) is 6.40. The van der Waals surface area contributed by atoms with Crippen LogP contribution in [0.1, 0.15) is 32.1 Å². The summed E-state index contributed by atoms with van der Waals surface area (Å²) in [5.74, 6) is -0.455. The maximum atomic E-state index is 12.9. The summed E-state index contributed by atoms with van der Waals surface area (Å²) < 4.78 is 23.3. The first-order chi connectivity index (χ1) is 17.8. The van der Waals surface area contributed by atoms with Crippen molar-refractivity contribution in [3.63, 3.8) is 0 Å². The second kappa shape index (κ2) is 11.3. The van der Waals surface area contributed by atoms with Crippen LogP contribution in [0.3, 0.4) is 0 Å². The van der Waals surface area contributed by atoms with E-state index in [1.165, 1.54) is 29.5 Å². The second-order valence-electron chi connectivity index (χ2n) is 8.38. The number of pyridine rings is 1. The molecular formula is C27H25N5O3S2. The molecule has 0 radical (unpaired) electrons. The Morgan fingerprint density at radius 3 is 2.41 bits per heavy atom. The zero-order valence-corrected chi connectivity index (χ0v) is 21.7. The zero-order valence-electron chi connectivity index (χ0n) is 20.1. The highest BCUT2D eigenvalue weighted by molar-refractivity contribution is 7.90. The lowest BCUT2D eigenvalue weighted by Gasteiger charge is -2.12. The van der Waals surface area contributed by atoms with Crippen LogP contribution < -0.4 is 16.4 Å². The van der Waals surface area contributed by atoms with E-state index >= 15 is 0 Å². The molecule has 0 saturated carbocycles. The van der Waals surface area contributed by atoms with Crippen molar-refractivity contribution in [3.05, 3.63) is 99.4 Å². The third-order valence-corrected chi connectivity index (χ3v) is 7.71. The lowest BCUT2D eigenvalue weighted by atomic mass is 10.0. The van der Waals surface area contributed by atoms with Gasteiger partial charge in [0, 0.05) is 36.3 Å². The summed E-state index contributed by atoms with van der Waals surface area (Å²) in [4.78, 5) is 18.6. The summed E-state index contributed by atoms with van der Waals surface area (Å²) in [6, 6.07) is 21.7. The molecule has 0 fully saturated rings. The fourth-order valence-electron chi connectivity index (χ4n) is 3.73. The number of nitriles is 1. The molecule has 0 aliphatic carbocycles. The van der Waals surface area contributed by atoms with Crippen molar-refractivity contribution in [2.24, 2.45) is 0 Å². The number of hydrogen-bond acceptors (Lipinski definition) is 8. The number of nitrogens with one attached hydrogen (secondary N) is 2. The Bertz CT molecular complexity index is 1560. The molecule has 1 amide bonds. The first kappa shape index (κ1) is 26.0. The van der Waals surface area contributed by atoms with E-state index in [1.807, 2.05) is 41.8 Å². The van der Waals surface area contributed by atoms with E-state index in [0.717, 1.165) is 27.8 Å². The molecule has 0 atom stereocenters. The minimum Gasteiger partial charge on any atom is -0.398 e. The molecule has 4 N–H and O–H groups in total. The summed E-state index contributed by atoms with van der Waals surface area (Å²) in [7, 11) is -3.30. The molecule has 0 spiro atoms. The number of hydrogen-bond donors (Lipinski definition) is 3. The summed E-state index contributed by atoms with van der Waals surface area (Å²) >= 11 is 1.53. The Morgan fingerprint density at radius 1 is 1.03 bits per heavy atom. The minimum atomic E-state index is -3.30. The highest BCUT2D eigenvalue weighted by Crippen LogP contribution is 2.32. The average Bonchev–Trinajstić information content (AvgIpc) is 3.35. The Labute approximate surface area is 219 Å². The number of nitrogens with two attached hydrogens (primary N) is 1. The number of rotatable bonds is 9. The quantitative estimate of drug-likeness (QED) is 0.298. The molecule has 8 nitrogen and oxygen atoms in total. The predicted molar refractivity (Wildman–Crippen MR) is 144 cm³/mol. The molecule has 0 unspecified atom stereocenters. The Morgan fingerprint density at radius 2 is 1.73 bits per heavy atom. The summed E-state index contributed by atoms with van der Waals surface area (Å²) in [5, 5.41) is 17.9. The van der Waals surface area contributed by atoms with Crippen LogP contribution in [0.15, 0.2) is 77.0 Å². The number of amides is 1. The number of nitrogens with zero attached hydrogens (tertiary/aromatic N) is 2. The zero-order chi connectivity index (χ0) is 26.4. The second-order valence-corrected chi connectivity index (χ2v) is 11.4. The van der Waals surface area contributed by atoms with Gasteiger partial charge in [-0.15, -0.1) is 11.3 Å². The number of carbonyl (C=O) groups excluding carboxylic acids is 1. The van der Waals surface area contributed by atoms with Crippen LogP contribution in [0.4, 0.5) is 5.69 Å². The van der Waals surface area contributed by atoms with Gasteiger partial charge in [0.25, 0.3) is 5.91 Å². The molecule has 2 heterocycles. The molecule has 10 heteroatoms. The first-order valence-electron chi connectivity index (χ1n) is 11.4. The van der Waals surface area contributed by atoms with E-state index < -0.39 is 15.7 Å². The Balaban J connectivity index is 1.51. The maximum Gasteiger partial charge on any atom is 0.270 e. The molecule has 0 saturated heterocycles. The molecular weight excluding hydrogens is 506 g/mol. The number of thiophene rings is 1. The van der Waals surface area contributed by atoms with Gasteiger partial charge in [0.1, 0.15) is 17.3 Å². The maximum absolute atomic E-state index is 12.9. The van der Waals surface area contributed by atoms with Gasteiger partial charge >= 0.3 is 0 Å². The number of aromatic nitrogens is 1. The lowest BCUT2D eigenvalue weighted by Crippen LogP contribution is -2.24. The van der Waals surface area contributed by atoms with Crippen molar-refractivity contribution >= 4 is 32.8 Å². The Hall–Kier alpha value is -4.04. The smallest absolute Gasteiger partial charge is 0.270 e. The Kier molecular flexibility index (Phi) is 7.98. The van der Waals surface area contributed by atoms with E-state index in [9.17, 15) is 18.5 Å². The third-order valence-electron chi connectivity index (χ3n) is 5.66. The van der Waals surface area contributed by atoms with Gasteiger partial charge in [-0.1, -0.05) is 42.5 Å². The van der Waals surface area contributed by atoms with Crippen LogP contribution in [-0.2, 0) is 29.5 Å². The number of benzene rings is 2. The standard InChI is InChI=1S/C27H25N5O3S2/c1-37(34,35)20-9-7-19(8-10-20)16-31-27(33)24-13-23(29)22(14-28)26(32-24)21-11-12-36-25(21)17-30-15-18-5-3-2-4-6-18/h2-13,30H,15-17H2,1H3,(H2,29,32)(H,31,33). The van der Waals surface area contributed by atoms with Crippen molar-refractivity contribution < 1.29 is 13.2 Å². The van der Waals surface area contributed by atoms with Gasteiger partial charge in [-0.3, -0.25) is 4.79 Å². The monoisotopic (exact) mass is 531 g/mol. The van der Waals surface area contributed by atoms with Crippen molar-refractivity contribution in [1.29, 1.82) is 5.26 Å². The largest absolute Gasteiger partial charge is 0.398 e. The van der Waals surface area contributed by atoms with Gasteiger partial charge in [-0.05, 0) is 40.8 Å². The van der Waals surface area contributed by atoms with Crippen LogP contribution >= 0.6 is 11.3 Å². The average molecular weight is 532 g/mol. The van der Waals surface area contributed by atoms with Crippen LogP contribution in [-0.4, -0.2) is 25.6 Å². The van der Waals surface area contributed by atoms with Crippen LogP contribution in [0.25, 0.3) is 11.3 Å². The van der Waals surface area contributed by atoms with E-state index in [2.05, 4.69) is 21.7 Å². The predicted octanol–water partition coefficient (Wildman–Crippen LogP) is 3.89. The van der Waals surface area contributed by atoms with Gasteiger partial charge in [0.2, 0.25) is 0 Å². The molecule has 37 heavy (non-hydrogen) atoms. The highest BCUT2D eigenvalue weighted by atomic mass is 32.2. The van der Waals surface area contributed by atoms with Gasteiger partial charge in [-0.2, -0.15) is 5.26 Å². The number of anilines is 1. The molecule has 2 aromatic carbocycles. The SMILES string of the molecule is CS(=O)(=O)c1ccc(CNC(=O)c2cc(N)c(C#N)c(-c3ccsc3CNCc3ccccc3)n2)cc1. The molecule has 0 bridgehead atoms. The lowest BCUT2D eigenvalue weighted by molar-refractivity contribution is 0.0946. The summed E-state index contributed by atoms with van der Waals surface area (Å²) in [6.07, 6.45) is 1.14. The topological polar surface area (TPSA) is 138 Å². The highest BCUT2D eigenvalue weighted by Gasteiger charge is 2.19.